The van der Waals surface area contributed by atoms with E-state index in [0.29, 0.717) is 30.1 Å². The zero-order chi connectivity index (χ0) is 18.0. The van der Waals surface area contributed by atoms with Gasteiger partial charge in [0.1, 0.15) is 12.5 Å². The molecule has 8 nitrogen and oxygen atoms in total. The fourth-order valence-corrected chi connectivity index (χ4v) is 4.40. The van der Waals surface area contributed by atoms with Crippen molar-refractivity contribution in [1.29, 1.82) is 0 Å². The van der Waals surface area contributed by atoms with Crippen molar-refractivity contribution in [2.75, 3.05) is 11.6 Å². The first-order valence-corrected chi connectivity index (χ1v) is 9.44. The largest absolute Gasteiger partial charge is 0.339 e. The monoisotopic (exact) mass is 381 g/mol. The number of benzene rings is 1. The van der Waals surface area contributed by atoms with Crippen LogP contribution in [0.25, 0.3) is 28.9 Å². The van der Waals surface area contributed by atoms with Crippen LogP contribution in [0.3, 0.4) is 0 Å². The summed E-state index contributed by atoms with van der Waals surface area (Å²) in [6.07, 6.45) is 6.51. The molecule has 1 aliphatic carbocycles. The van der Waals surface area contributed by atoms with Crippen LogP contribution in [0, 0.1) is 0 Å². The Morgan fingerprint density at radius 1 is 1.07 bits per heavy atom. The SMILES string of the molecule is ClN1C=C2N(C1)c1ccccc1-c1nnc(-c3noc(C4CCCC4)n3)n12. The molecule has 0 N–H and O–H groups in total. The summed E-state index contributed by atoms with van der Waals surface area (Å²) >= 11 is 6.29. The van der Waals surface area contributed by atoms with E-state index in [1.807, 2.05) is 29.0 Å². The van der Waals surface area contributed by atoms with Crippen molar-refractivity contribution in [2.24, 2.45) is 0 Å². The molecule has 1 fully saturated rings. The summed E-state index contributed by atoms with van der Waals surface area (Å²) in [5.74, 6) is 3.72. The molecule has 2 aromatic heterocycles. The van der Waals surface area contributed by atoms with Gasteiger partial charge in [-0.1, -0.05) is 30.1 Å². The molecule has 3 aliphatic rings. The molecule has 0 radical (unpaired) electrons. The summed E-state index contributed by atoms with van der Waals surface area (Å²) in [7, 11) is 0. The van der Waals surface area contributed by atoms with Gasteiger partial charge in [0.15, 0.2) is 5.82 Å². The third-order valence-corrected chi connectivity index (χ3v) is 5.69. The highest BCUT2D eigenvalue weighted by atomic mass is 35.5. The molecule has 1 aromatic carbocycles. The molecule has 0 spiro atoms. The Balaban J connectivity index is 1.51. The van der Waals surface area contributed by atoms with Crippen LogP contribution in [-0.4, -0.2) is 36.0 Å². The molecule has 0 amide bonds. The van der Waals surface area contributed by atoms with E-state index in [1.54, 1.807) is 4.42 Å². The summed E-state index contributed by atoms with van der Waals surface area (Å²) in [6.45, 7) is 0.546. The Labute approximate surface area is 160 Å². The highest BCUT2D eigenvalue weighted by Crippen LogP contribution is 2.43. The number of anilines is 1. The lowest BCUT2D eigenvalue weighted by atomic mass is 10.1. The maximum absolute atomic E-state index is 6.29. The number of hydrogen-bond acceptors (Lipinski definition) is 7. The second-order valence-corrected chi connectivity index (χ2v) is 7.53. The highest BCUT2D eigenvalue weighted by Gasteiger charge is 2.36. The zero-order valence-electron chi connectivity index (χ0n) is 14.4. The average molecular weight is 382 g/mol. The predicted octanol–water partition coefficient (Wildman–Crippen LogP) is 3.66. The standard InChI is InChI=1S/C18H16ClN7O/c19-24-9-14-25(10-24)13-8-4-3-7-12(13)16-21-22-17(26(14)16)15-20-18(27-23-15)11-5-1-2-6-11/h3-4,7-9,11H,1-2,5-6,10H2. The van der Waals surface area contributed by atoms with Gasteiger partial charge in [0.05, 0.1) is 11.9 Å². The van der Waals surface area contributed by atoms with E-state index < -0.39 is 0 Å². The molecule has 0 bridgehead atoms. The first-order valence-electron chi connectivity index (χ1n) is 9.10. The van der Waals surface area contributed by atoms with Crippen molar-refractivity contribution in [3.8, 4) is 23.0 Å². The van der Waals surface area contributed by atoms with Crippen LogP contribution < -0.4 is 4.90 Å². The maximum atomic E-state index is 6.29. The minimum Gasteiger partial charge on any atom is -0.339 e. The van der Waals surface area contributed by atoms with Gasteiger partial charge in [-0.25, -0.2) is 0 Å². The van der Waals surface area contributed by atoms with Gasteiger partial charge in [0.25, 0.3) is 0 Å². The van der Waals surface area contributed by atoms with E-state index in [0.717, 1.165) is 35.7 Å². The second kappa shape index (κ2) is 5.56. The van der Waals surface area contributed by atoms with Crippen molar-refractivity contribution in [1.82, 2.24) is 29.3 Å². The molecule has 136 valence electrons. The fraction of sp³-hybridized carbons (Fsp3) is 0.333. The first-order chi connectivity index (χ1) is 13.3. The van der Waals surface area contributed by atoms with Gasteiger partial charge < -0.3 is 9.42 Å². The summed E-state index contributed by atoms with van der Waals surface area (Å²) in [6, 6.07) is 8.10. The summed E-state index contributed by atoms with van der Waals surface area (Å²) in [5, 5.41) is 13.0. The van der Waals surface area contributed by atoms with Crippen LogP contribution >= 0.6 is 11.8 Å². The van der Waals surface area contributed by atoms with Crippen molar-refractivity contribution in [2.45, 2.75) is 31.6 Å². The molecule has 3 aromatic rings. The van der Waals surface area contributed by atoms with Crippen molar-refractivity contribution >= 4 is 23.3 Å². The topological polar surface area (TPSA) is 76.1 Å². The molecule has 0 unspecified atom stereocenters. The Hall–Kier alpha value is -2.87. The first kappa shape index (κ1) is 15.2. The number of para-hydroxylation sites is 1. The molecule has 2 aliphatic heterocycles. The van der Waals surface area contributed by atoms with Crippen molar-refractivity contribution < 1.29 is 4.52 Å². The van der Waals surface area contributed by atoms with E-state index in [2.05, 4.69) is 31.3 Å². The number of fused-ring (bicyclic) bond motifs is 6. The van der Waals surface area contributed by atoms with Crippen LogP contribution in [0.5, 0.6) is 0 Å². The Kier molecular flexibility index (Phi) is 3.13. The van der Waals surface area contributed by atoms with Gasteiger partial charge in [0.2, 0.25) is 17.5 Å². The molecule has 0 atom stereocenters. The van der Waals surface area contributed by atoms with Crippen LogP contribution in [0.4, 0.5) is 5.69 Å². The zero-order valence-corrected chi connectivity index (χ0v) is 15.2. The maximum Gasteiger partial charge on any atom is 0.240 e. The third kappa shape index (κ3) is 2.16. The number of halogens is 1. The normalized spacial score (nSPS) is 18.5. The molecule has 4 heterocycles. The van der Waals surface area contributed by atoms with E-state index in [4.69, 9.17) is 16.3 Å². The average Bonchev–Trinajstić information content (AvgIpc) is 3.44. The van der Waals surface area contributed by atoms with Crippen LogP contribution in [0.1, 0.15) is 37.5 Å². The summed E-state index contributed by atoms with van der Waals surface area (Å²) < 4.78 is 9.12. The van der Waals surface area contributed by atoms with Crippen LogP contribution in [0.2, 0.25) is 0 Å². The lowest BCUT2D eigenvalue weighted by Crippen LogP contribution is -2.28. The molecule has 1 saturated carbocycles. The van der Waals surface area contributed by atoms with Crippen LogP contribution in [-0.2, 0) is 0 Å². The van der Waals surface area contributed by atoms with Gasteiger partial charge in [-0.3, -0.25) is 8.99 Å². The van der Waals surface area contributed by atoms with E-state index in [9.17, 15) is 0 Å². The van der Waals surface area contributed by atoms with Gasteiger partial charge in [-0.05, 0) is 25.0 Å². The van der Waals surface area contributed by atoms with Crippen molar-refractivity contribution in [3.63, 3.8) is 0 Å². The Morgan fingerprint density at radius 3 is 2.78 bits per heavy atom. The Bertz CT molecular complexity index is 1070. The predicted molar refractivity (Wildman–Crippen MR) is 99.3 cm³/mol. The molecule has 6 rings (SSSR count). The minimum atomic E-state index is 0.358. The summed E-state index contributed by atoms with van der Waals surface area (Å²) in [4.78, 5) is 6.76. The lowest BCUT2D eigenvalue weighted by Gasteiger charge is -2.29. The molecular weight excluding hydrogens is 366 g/mol. The van der Waals surface area contributed by atoms with Gasteiger partial charge in [0, 0.05) is 23.3 Å². The van der Waals surface area contributed by atoms with E-state index >= 15 is 0 Å². The molecular formula is C18H16ClN7O. The third-order valence-electron chi connectivity index (χ3n) is 5.48. The number of nitrogens with zero attached hydrogens (tertiary/aromatic N) is 7. The fourth-order valence-electron chi connectivity index (χ4n) is 4.20. The van der Waals surface area contributed by atoms with Gasteiger partial charge in [-0.15, -0.1) is 10.2 Å². The molecule has 27 heavy (non-hydrogen) atoms. The quantitative estimate of drug-likeness (QED) is 0.627. The number of aromatic nitrogens is 5. The Morgan fingerprint density at radius 2 is 1.89 bits per heavy atom. The minimum absolute atomic E-state index is 0.358. The molecule has 0 saturated heterocycles. The number of hydrogen-bond donors (Lipinski definition) is 0. The second-order valence-electron chi connectivity index (χ2n) is 7.09. The smallest absolute Gasteiger partial charge is 0.240 e. The lowest BCUT2D eigenvalue weighted by molar-refractivity contribution is 0.354. The van der Waals surface area contributed by atoms with Gasteiger partial charge in [-0.2, -0.15) is 4.98 Å². The van der Waals surface area contributed by atoms with Crippen LogP contribution in [0.15, 0.2) is 35.0 Å². The highest BCUT2D eigenvalue weighted by molar-refractivity contribution is 6.15. The summed E-state index contributed by atoms with van der Waals surface area (Å²) in [5.41, 5.74) is 2.05. The van der Waals surface area contributed by atoms with Gasteiger partial charge >= 0.3 is 0 Å². The molecule has 9 heteroatoms. The number of rotatable bonds is 2. The van der Waals surface area contributed by atoms with Crippen molar-refractivity contribution in [3.05, 3.63) is 36.4 Å². The van der Waals surface area contributed by atoms with E-state index in [-0.39, 0.29) is 0 Å². The van der Waals surface area contributed by atoms with E-state index in [1.165, 1.54) is 12.8 Å².